The second-order valence-corrected chi connectivity index (χ2v) is 6.47. The van der Waals surface area contributed by atoms with Gasteiger partial charge in [0, 0.05) is 5.02 Å². The summed E-state index contributed by atoms with van der Waals surface area (Å²) >= 11 is 5.99. The molecule has 1 saturated heterocycles. The van der Waals surface area contributed by atoms with Gasteiger partial charge in [-0.1, -0.05) is 24.4 Å². The number of nitrogen functional groups attached to an aromatic ring is 1. The molecule has 21 heavy (non-hydrogen) atoms. The normalized spacial score (nSPS) is 23.6. The average molecular weight is 309 g/mol. The van der Waals surface area contributed by atoms with Crippen molar-refractivity contribution in [2.75, 3.05) is 6.61 Å². The summed E-state index contributed by atoms with van der Waals surface area (Å²) in [5.74, 6) is 0.548. The zero-order valence-corrected chi connectivity index (χ0v) is 12.8. The standard InChI is InChI=1S/C16H21ClN2O2/c17-11-3-4-13(15(18)19)14(9-11)20-10-12-5-8-16(21-12)6-1-2-7-16/h3-4,9,12H,1-2,5-8,10H2,(H3,18,19). The van der Waals surface area contributed by atoms with Gasteiger partial charge in [-0.3, -0.25) is 5.41 Å². The Balaban J connectivity index is 1.63. The maximum atomic E-state index is 7.59. The summed E-state index contributed by atoms with van der Waals surface area (Å²) in [5, 5.41) is 8.17. The first kappa shape index (κ1) is 14.7. The van der Waals surface area contributed by atoms with Crippen LogP contribution in [0.2, 0.25) is 5.02 Å². The van der Waals surface area contributed by atoms with Crippen molar-refractivity contribution in [1.29, 1.82) is 5.41 Å². The van der Waals surface area contributed by atoms with Gasteiger partial charge in [-0.05, 0) is 43.9 Å². The van der Waals surface area contributed by atoms with Crippen molar-refractivity contribution in [2.45, 2.75) is 50.2 Å². The molecule has 1 heterocycles. The highest BCUT2D eigenvalue weighted by Crippen LogP contribution is 2.43. The van der Waals surface area contributed by atoms with Crippen LogP contribution in [-0.4, -0.2) is 24.1 Å². The van der Waals surface area contributed by atoms with Gasteiger partial charge in [0.15, 0.2) is 0 Å². The van der Waals surface area contributed by atoms with Crippen LogP contribution in [0, 0.1) is 5.41 Å². The number of nitrogens with two attached hydrogens (primary N) is 1. The van der Waals surface area contributed by atoms with Gasteiger partial charge in [-0.25, -0.2) is 0 Å². The molecule has 5 heteroatoms. The van der Waals surface area contributed by atoms with Crippen LogP contribution >= 0.6 is 11.6 Å². The summed E-state index contributed by atoms with van der Waals surface area (Å²) in [5.41, 5.74) is 6.27. The minimum atomic E-state index is -0.0127. The fourth-order valence-electron chi connectivity index (χ4n) is 3.42. The Hall–Kier alpha value is -1.26. The monoisotopic (exact) mass is 308 g/mol. The first-order valence-corrected chi connectivity index (χ1v) is 7.90. The summed E-state index contributed by atoms with van der Waals surface area (Å²) < 4.78 is 12.1. The van der Waals surface area contributed by atoms with Gasteiger partial charge in [-0.15, -0.1) is 0 Å². The van der Waals surface area contributed by atoms with E-state index in [2.05, 4.69) is 0 Å². The SMILES string of the molecule is N=C(N)c1ccc(Cl)cc1OCC1CCC2(CCCC2)O1. The molecule has 4 nitrogen and oxygen atoms in total. The number of halogens is 1. The lowest BCUT2D eigenvalue weighted by atomic mass is 9.98. The third kappa shape index (κ3) is 3.16. The average Bonchev–Trinajstić information content (AvgIpc) is 3.07. The highest BCUT2D eigenvalue weighted by molar-refractivity contribution is 6.30. The van der Waals surface area contributed by atoms with E-state index in [0.29, 0.717) is 22.9 Å². The molecule has 3 N–H and O–H groups in total. The van der Waals surface area contributed by atoms with Gasteiger partial charge >= 0.3 is 0 Å². The van der Waals surface area contributed by atoms with Crippen molar-refractivity contribution in [2.24, 2.45) is 5.73 Å². The second kappa shape index (κ2) is 5.85. The minimum Gasteiger partial charge on any atom is -0.490 e. The summed E-state index contributed by atoms with van der Waals surface area (Å²) in [4.78, 5) is 0. The molecule has 1 unspecified atom stereocenters. The second-order valence-electron chi connectivity index (χ2n) is 6.03. The zero-order valence-electron chi connectivity index (χ0n) is 12.0. The van der Waals surface area contributed by atoms with Gasteiger partial charge in [0.1, 0.15) is 18.2 Å². The van der Waals surface area contributed by atoms with Crippen LogP contribution in [0.3, 0.4) is 0 Å². The van der Waals surface area contributed by atoms with Crippen molar-refractivity contribution in [3.8, 4) is 5.75 Å². The Kier molecular flexibility index (Phi) is 4.09. The lowest BCUT2D eigenvalue weighted by Gasteiger charge is -2.24. The Labute approximate surface area is 130 Å². The Morgan fingerprint density at radius 2 is 2.14 bits per heavy atom. The summed E-state index contributed by atoms with van der Waals surface area (Å²) in [6.07, 6.45) is 7.21. The smallest absolute Gasteiger partial charge is 0.131 e. The van der Waals surface area contributed by atoms with Crippen molar-refractivity contribution in [3.05, 3.63) is 28.8 Å². The number of amidine groups is 1. The molecule has 0 bridgehead atoms. The molecular weight excluding hydrogens is 288 g/mol. The Morgan fingerprint density at radius 3 is 2.86 bits per heavy atom. The van der Waals surface area contributed by atoms with Gasteiger partial charge in [-0.2, -0.15) is 0 Å². The van der Waals surface area contributed by atoms with E-state index in [1.807, 2.05) is 0 Å². The molecule has 3 rings (SSSR count). The number of rotatable bonds is 4. The maximum absolute atomic E-state index is 7.59. The molecule has 1 atom stereocenters. The first-order valence-electron chi connectivity index (χ1n) is 7.53. The quantitative estimate of drug-likeness (QED) is 0.661. The summed E-state index contributed by atoms with van der Waals surface area (Å²) in [6, 6.07) is 5.14. The molecule has 0 radical (unpaired) electrons. The molecule has 2 aliphatic rings. The fourth-order valence-corrected chi connectivity index (χ4v) is 3.58. The summed E-state index contributed by atoms with van der Waals surface area (Å²) in [7, 11) is 0. The maximum Gasteiger partial charge on any atom is 0.131 e. The van der Waals surface area contributed by atoms with Crippen LogP contribution in [-0.2, 0) is 4.74 Å². The van der Waals surface area contributed by atoms with E-state index in [-0.39, 0.29) is 17.5 Å². The van der Waals surface area contributed by atoms with Crippen molar-refractivity contribution in [1.82, 2.24) is 0 Å². The first-order chi connectivity index (χ1) is 10.1. The van der Waals surface area contributed by atoms with Gasteiger partial charge in [0.05, 0.1) is 17.3 Å². The third-order valence-electron chi connectivity index (χ3n) is 4.51. The molecule has 0 aromatic heterocycles. The molecule has 1 aromatic rings. The van der Waals surface area contributed by atoms with Crippen molar-refractivity contribution in [3.63, 3.8) is 0 Å². The number of ether oxygens (including phenoxy) is 2. The number of hydrogen-bond donors (Lipinski definition) is 2. The van der Waals surface area contributed by atoms with E-state index in [1.165, 1.54) is 25.7 Å². The minimum absolute atomic E-state index is 0.0127. The molecule has 2 fully saturated rings. The van der Waals surface area contributed by atoms with E-state index < -0.39 is 0 Å². The predicted molar refractivity (Wildman–Crippen MR) is 83.3 cm³/mol. The molecule has 1 spiro atoms. The van der Waals surface area contributed by atoms with E-state index >= 15 is 0 Å². The van der Waals surface area contributed by atoms with Crippen LogP contribution < -0.4 is 10.5 Å². The van der Waals surface area contributed by atoms with Crippen molar-refractivity contribution >= 4 is 17.4 Å². The molecular formula is C16H21ClN2O2. The Bertz CT molecular complexity index is 541. The van der Waals surface area contributed by atoms with E-state index in [4.69, 9.17) is 32.2 Å². The topological polar surface area (TPSA) is 68.3 Å². The summed E-state index contributed by atoms with van der Waals surface area (Å²) in [6.45, 7) is 0.488. The van der Waals surface area contributed by atoms with Crippen LogP contribution in [0.25, 0.3) is 0 Å². The molecule has 114 valence electrons. The number of benzene rings is 1. The van der Waals surface area contributed by atoms with E-state index in [0.717, 1.165) is 12.8 Å². The number of nitrogens with one attached hydrogen (secondary N) is 1. The lowest BCUT2D eigenvalue weighted by molar-refractivity contribution is -0.0509. The van der Waals surface area contributed by atoms with Crippen LogP contribution in [0.5, 0.6) is 5.75 Å². The van der Waals surface area contributed by atoms with Gasteiger partial charge < -0.3 is 15.2 Å². The zero-order chi connectivity index (χ0) is 14.9. The van der Waals surface area contributed by atoms with Crippen LogP contribution in [0.4, 0.5) is 0 Å². The van der Waals surface area contributed by atoms with Gasteiger partial charge in [0.25, 0.3) is 0 Å². The molecule has 1 saturated carbocycles. The molecule has 1 aromatic carbocycles. The molecule has 0 amide bonds. The predicted octanol–water partition coefficient (Wildman–Crippen LogP) is 3.49. The van der Waals surface area contributed by atoms with Crippen LogP contribution in [0.1, 0.15) is 44.1 Å². The fraction of sp³-hybridized carbons (Fsp3) is 0.562. The van der Waals surface area contributed by atoms with E-state index in [9.17, 15) is 0 Å². The largest absolute Gasteiger partial charge is 0.490 e. The number of hydrogen-bond acceptors (Lipinski definition) is 3. The Morgan fingerprint density at radius 1 is 1.38 bits per heavy atom. The molecule has 1 aliphatic heterocycles. The van der Waals surface area contributed by atoms with E-state index in [1.54, 1.807) is 18.2 Å². The molecule has 1 aliphatic carbocycles. The highest BCUT2D eigenvalue weighted by atomic mass is 35.5. The van der Waals surface area contributed by atoms with Crippen molar-refractivity contribution < 1.29 is 9.47 Å². The van der Waals surface area contributed by atoms with Crippen LogP contribution in [0.15, 0.2) is 18.2 Å². The van der Waals surface area contributed by atoms with Gasteiger partial charge in [0.2, 0.25) is 0 Å². The lowest BCUT2D eigenvalue weighted by Crippen LogP contribution is -2.27. The third-order valence-corrected chi connectivity index (χ3v) is 4.75. The highest BCUT2D eigenvalue weighted by Gasteiger charge is 2.42.